The summed E-state index contributed by atoms with van der Waals surface area (Å²) in [7, 11) is 1.86. The van der Waals surface area contributed by atoms with Crippen molar-refractivity contribution in [1.82, 2.24) is 20.5 Å². The number of amides is 1. The highest BCUT2D eigenvalue weighted by Gasteiger charge is 2.09. The van der Waals surface area contributed by atoms with E-state index in [-0.39, 0.29) is 29.9 Å². The van der Waals surface area contributed by atoms with E-state index in [2.05, 4.69) is 20.9 Å². The van der Waals surface area contributed by atoms with Gasteiger partial charge in [-0.15, -0.1) is 35.3 Å². The molecule has 0 atom stereocenters. The Hall–Kier alpha value is -0.970. The van der Waals surface area contributed by atoms with Gasteiger partial charge in [0.1, 0.15) is 5.15 Å². The van der Waals surface area contributed by atoms with Crippen molar-refractivity contribution in [3.05, 3.63) is 44.3 Å². The molecule has 6 nitrogen and oxygen atoms in total. The minimum atomic E-state index is -0.0296. The standard InChI is InChI=1S/C17H23Cl2N5OS.HI/c1-3-20-17(23-11-12-10-13(18)15(19)24(12)2)22-8-5-7-21-16(25)14-6-4-9-26-14;/h4,6,9-10H,3,5,7-8,11H2,1-2H3,(H,21,25)(H2,20,22,23);1H. The van der Waals surface area contributed by atoms with Crippen molar-refractivity contribution in [2.24, 2.45) is 12.0 Å². The lowest BCUT2D eigenvalue weighted by molar-refractivity contribution is 0.0957. The Balaban J connectivity index is 0.00000364. The van der Waals surface area contributed by atoms with Gasteiger partial charge < -0.3 is 20.5 Å². The van der Waals surface area contributed by atoms with E-state index in [0.717, 1.165) is 23.5 Å². The van der Waals surface area contributed by atoms with Gasteiger partial charge in [-0.1, -0.05) is 29.3 Å². The van der Waals surface area contributed by atoms with Crippen molar-refractivity contribution in [1.29, 1.82) is 0 Å². The summed E-state index contributed by atoms with van der Waals surface area (Å²) in [6.45, 7) is 4.54. The molecule has 2 rings (SSSR count). The second-order valence-electron chi connectivity index (χ2n) is 5.54. The molecule has 27 heavy (non-hydrogen) atoms. The lowest BCUT2D eigenvalue weighted by Gasteiger charge is -2.11. The zero-order valence-electron chi connectivity index (χ0n) is 15.2. The van der Waals surface area contributed by atoms with Gasteiger partial charge in [0.15, 0.2) is 5.96 Å². The summed E-state index contributed by atoms with van der Waals surface area (Å²) in [6, 6.07) is 5.50. The van der Waals surface area contributed by atoms with Crippen LogP contribution in [0.3, 0.4) is 0 Å². The van der Waals surface area contributed by atoms with E-state index in [1.54, 1.807) is 0 Å². The number of carbonyl (C=O) groups excluding carboxylic acids is 1. The number of thiophene rings is 1. The second kappa shape index (κ2) is 12.5. The topological polar surface area (TPSA) is 70.5 Å². The molecule has 0 unspecified atom stereocenters. The molecule has 0 aliphatic carbocycles. The first kappa shape index (κ1) is 24.1. The van der Waals surface area contributed by atoms with Crippen molar-refractivity contribution in [3.8, 4) is 0 Å². The zero-order valence-corrected chi connectivity index (χ0v) is 19.9. The van der Waals surface area contributed by atoms with Crippen molar-refractivity contribution >= 4 is 70.4 Å². The zero-order chi connectivity index (χ0) is 18.9. The molecule has 10 heteroatoms. The number of hydrogen-bond acceptors (Lipinski definition) is 3. The molecule has 1 amide bonds. The van der Waals surface area contributed by atoms with Crippen LogP contribution in [0.2, 0.25) is 10.2 Å². The molecule has 0 spiro atoms. The first-order valence-corrected chi connectivity index (χ1v) is 10.00. The summed E-state index contributed by atoms with van der Waals surface area (Å²) in [4.78, 5) is 17.1. The van der Waals surface area contributed by atoms with E-state index >= 15 is 0 Å². The smallest absolute Gasteiger partial charge is 0.261 e. The maximum atomic E-state index is 11.8. The molecule has 0 aliphatic heterocycles. The van der Waals surface area contributed by atoms with E-state index in [0.29, 0.717) is 35.8 Å². The van der Waals surface area contributed by atoms with Crippen molar-refractivity contribution in [2.45, 2.75) is 19.9 Å². The Labute approximate surface area is 190 Å². The third-order valence-electron chi connectivity index (χ3n) is 3.64. The predicted molar refractivity (Wildman–Crippen MR) is 125 cm³/mol. The third kappa shape index (κ3) is 7.52. The first-order valence-electron chi connectivity index (χ1n) is 8.36. The molecule has 3 N–H and O–H groups in total. The Bertz CT molecular complexity index is 749. The first-order chi connectivity index (χ1) is 12.5. The van der Waals surface area contributed by atoms with Crippen LogP contribution in [0.25, 0.3) is 0 Å². The molecule has 2 heterocycles. The summed E-state index contributed by atoms with van der Waals surface area (Å²) in [5, 5.41) is 12.3. The van der Waals surface area contributed by atoms with Crippen LogP contribution in [0.5, 0.6) is 0 Å². The van der Waals surface area contributed by atoms with Crippen LogP contribution in [-0.2, 0) is 13.6 Å². The maximum Gasteiger partial charge on any atom is 0.261 e. The highest BCUT2D eigenvalue weighted by Crippen LogP contribution is 2.25. The SMILES string of the molecule is CCNC(=NCc1cc(Cl)c(Cl)n1C)NCCCNC(=O)c1cccs1.I. The number of aliphatic imine (C=N–C) groups is 1. The van der Waals surface area contributed by atoms with Crippen molar-refractivity contribution in [3.63, 3.8) is 0 Å². The monoisotopic (exact) mass is 543 g/mol. The van der Waals surface area contributed by atoms with Crippen LogP contribution >= 0.6 is 58.5 Å². The van der Waals surface area contributed by atoms with Gasteiger partial charge in [0.05, 0.1) is 16.4 Å². The van der Waals surface area contributed by atoms with Gasteiger partial charge in [0, 0.05) is 32.4 Å². The van der Waals surface area contributed by atoms with Crippen LogP contribution in [0.4, 0.5) is 0 Å². The summed E-state index contributed by atoms with van der Waals surface area (Å²) in [5.74, 6) is 0.684. The maximum absolute atomic E-state index is 11.8. The molecule has 0 aromatic carbocycles. The molecule has 0 saturated carbocycles. The lowest BCUT2D eigenvalue weighted by atomic mass is 10.4. The molecule has 0 fully saturated rings. The van der Waals surface area contributed by atoms with E-state index in [1.165, 1.54) is 11.3 Å². The van der Waals surface area contributed by atoms with E-state index in [9.17, 15) is 4.79 Å². The summed E-state index contributed by atoms with van der Waals surface area (Å²) in [5.41, 5.74) is 0.931. The molecule has 0 aliphatic rings. The number of guanidine groups is 1. The Morgan fingerprint density at radius 2 is 2.00 bits per heavy atom. The quantitative estimate of drug-likeness (QED) is 0.205. The fourth-order valence-electron chi connectivity index (χ4n) is 2.23. The minimum absolute atomic E-state index is 0. The van der Waals surface area contributed by atoms with Gasteiger partial charge in [-0.25, -0.2) is 4.99 Å². The van der Waals surface area contributed by atoms with E-state index in [4.69, 9.17) is 23.2 Å². The number of nitrogens with zero attached hydrogens (tertiary/aromatic N) is 2. The number of hydrogen-bond donors (Lipinski definition) is 3. The highest BCUT2D eigenvalue weighted by atomic mass is 127. The minimum Gasteiger partial charge on any atom is -0.357 e. The van der Waals surface area contributed by atoms with Gasteiger partial charge in [0.2, 0.25) is 0 Å². The van der Waals surface area contributed by atoms with Gasteiger partial charge >= 0.3 is 0 Å². The summed E-state index contributed by atoms with van der Waals surface area (Å²) < 4.78 is 1.82. The average Bonchev–Trinajstić information content (AvgIpc) is 3.24. The normalized spacial score (nSPS) is 11.0. The van der Waals surface area contributed by atoms with Crippen LogP contribution in [-0.4, -0.2) is 36.1 Å². The van der Waals surface area contributed by atoms with Crippen molar-refractivity contribution in [2.75, 3.05) is 19.6 Å². The number of carbonyl (C=O) groups is 1. The lowest BCUT2D eigenvalue weighted by Crippen LogP contribution is -2.38. The predicted octanol–water partition coefficient (Wildman–Crippen LogP) is 3.89. The molecule has 0 bridgehead atoms. The number of halogens is 3. The fraction of sp³-hybridized carbons (Fsp3) is 0.412. The molecule has 2 aromatic heterocycles. The molecule has 0 saturated heterocycles. The number of nitrogens with one attached hydrogen (secondary N) is 3. The van der Waals surface area contributed by atoms with Crippen LogP contribution in [0, 0.1) is 0 Å². The van der Waals surface area contributed by atoms with Gasteiger partial charge in [-0.05, 0) is 30.9 Å². The van der Waals surface area contributed by atoms with Gasteiger partial charge in [0.25, 0.3) is 5.91 Å². The van der Waals surface area contributed by atoms with E-state index < -0.39 is 0 Å². The van der Waals surface area contributed by atoms with Crippen LogP contribution in [0.15, 0.2) is 28.6 Å². The summed E-state index contributed by atoms with van der Waals surface area (Å²) in [6.07, 6.45) is 0.795. The molecule has 0 radical (unpaired) electrons. The molecule has 150 valence electrons. The average molecular weight is 544 g/mol. The van der Waals surface area contributed by atoms with E-state index in [1.807, 2.05) is 42.1 Å². The number of rotatable bonds is 8. The van der Waals surface area contributed by atoms with Crippen LogP contribution in [0.1, 0.15) is 28.7 Å². The summed E-state index contributed by atoms with van der Waals surface area (Å²) >= 11 is 13.5. The Kier molecular flexibility index (Phi) is 11.1. The molecule has 2 aromatic rings. The Morgan fingerprint density at radius 1 is 1.26 bits per heavy atom. The molecular weight excluding hydrogens is 520 g/mol. The van der Waals surface area contributed by atoms with Gasteiger partial charge in [-0.2, -0.15) is 0 Å². The fourth-order valence-corrected chi connectivity index (χ4v) is 3.29. The van der Waals surface area contributed by atoms with Crippen molar-refractivity contribution < 1.29 is 4.79 Å². The van der Waals surface area contributed by atoms with Crippen LogP contribution < -0.4 is 16.0 Å². The largest absolute Gasteiger partial charge is 0.357 e. The van der Waals surface area contributed by atoms with Gasteiger partial charge in [-0.3, -0.25) is 4.79 Å². The highest BCUT2D eigenvalue weighted by molar-refractivity contribution is 14.0. The second-order valence-corrected chi connectivity index (χ2v) is 7.26. The number of aromatic nitrogens is 1. The Morgan fingerprint density at radius 3 is 2.59 bits per heavy atom. The molecular formula is C17H24Cl2IN5OS. The third-order valence-corrected chi connectivity index (χ3v) is 5.35.